The van der Waals surface area contributed by atoms with Gasteiger partial charge in [-0.3, -0.25) is 4.99 Å². The molecule has 1 aromatic heterocycles. The number of rotatable bonds is 3. The van der Waals surface area contributed by atoms with Crippen LogP contribution in [-0.2, 0) is 6.54 Å². The molecule has 0 spiro atoms. The normalized spacial score (nSPS) is 19.0. The van der Waals surface area contributed by atoms with Crippen molar-refractivity contribution in [1.82, 2.24) is 20.0 Å². The summed E-state index contributed by atoms with van der Waals surface area (Å²) >= 11 is 0. The number of piperidine rings is 1. The molecule has 0 saturated carbocycles. The van der Waals surface area contributed by atoms with Crippen LogP contribution >= 0.6 is 0 Å². The lowest BCUT2D eigenvalue weighted by atomic mass is 10.0. The molecule has 122 valence electrons. The smallest absolute Gasteiger partial charge is 0.193 e. The molecule has 1 atom stereocenters. The number of nitrogens with zero attached hydrogens (tertiary/aromatic N) is 4. The molecule has 23 heavy (non-hydrogen) atoms. The molecule has 3 rings (SSSR count). The Balaban J connectivity index is 1.58. The standard InChI is InChI=1S/C18H25N5/c1-15-5-3-11-22(14-15)18(19-2)20-13-16-6-8-17(9-7-16)23-12-4-10-21-23/h4,6-10,12,15H,3,5,11,13-14H2,1-2H3,(H,19,20). The minimum atomic E-state index is 0.746. The molecule has 0 aliphatic carbocycles. The second-order valence-electron chi connectivity index (χ2n) is 6.21. The van der Waals surface area contributed by atoms with E-state index in [-0.39, 0.29) is 0 Å². The molecule has 2 aromatic rings. The Labute approximate surface area is 138 Å². The van der Waals surface area contributed by atoms with Crippen LogP contribution in [0.2, 0.25) is 0 Å². The highest BCUT2D eigenvalue weighted by Crippen LogP contribution is 2.15. The van der Waals surface area contributed by atoms with E-state index < -0.39 is 0 Å². The van der Waals surface area contributed by atoms with Gasteiger partial charge in [0.1, 0.15) is 0 Å². The third kappa shape index (κ3) is 3.92. The molecule has 1 saturated heterocycles. The van der Waals surface area contributed by atoms with Crippen molar-refractivity contribution < 1.29 is 0 Å². The molecule has 1 unspecified atom stereocenters. The molecule has 2 heterocycles. The van der Waals surface area contributed by atoms with Crippen LogP contribution in [0, 0.1) is 5.92 Å². The highest BCUT2D eigenvalue weighted by Gasteiger charge is 2.18. The van der Waals surface area contributed by atoms with E-state index in [4.69, 9.17) is 0 Å². The molecule has 1 aromatic carbocycles. The predicted octanol–water partition coefficient (Wildman–Crippen LogP) is 2.68. The highest BCUT2D eigenvalue weighted by atomic mass is 15.3. The van der Waals surface area contributed by atoms with Crippen LogP contribution in [0.5, 0.6) is 0 Å². The monoisotopic (exact) mass is 311 g/mol. The summed E-state index contributed by atoms with van der Waals surface area (Å²) in [6, 6.07) is 10.4. The van der Waals surface area contributed by atoms with Gasteiger partial charge in [0.05, 0.1) is 5.69 Å². The van der Waals surface area contributed by atoms with Crippen molar-refractivity contribution in [2.75, 3.05) is 20.1 Å². The second-order valence-corrected chi connectivity index (χ2v) is 6.21. The summed E-state index contributed by atoms with van der Waals surface area (Å²) in [4.78, 5) is 6.80. The highest BCUT2D eigenvalue weighted by molar-refractivity contribution is 5.80. The van der Waals surface area contributed by atoms with Crippen LogP contribution in [-0.4, -0.2) is 40.8 Å². The van der Waals surface area contributed by atoms with Gasteiger partial charge in [-0.2, -0.15) is 5.10 Å². The number of nitrogens with one attached hydrogen (secondary N) is 1. The molecule has 5 nitrogen and oxygen atoms in total. The first-order chi connectivity index (χ1) is 11.3. The summed E-state index contributed by atoms with van der Waals surface area (Å²) in [5.41, 5.74) is 2.32. The van der Waals surface area contributed by atoms with Crippen LogP contribution in [0.25, 0.3) is 5.69 Å². The number of hydrogen-bond donors (Lipinski definition) is 1. The summed E-state index contributed by atoms with van der Waals surface area (Å²) in [5, 5.41) is 7.73. The van der Waals surface area contributed by atoms with Crippen LogP contribution < -0.4 is 5.32 Å². The van der Waals surface area contributed by atoms with Crippen LogP contribution in [0.3, 0.4) is 0 Å². The maximum absolute atomic E-state index is 4.44. The molecular weight excluding hydrogens is 286 g/mol. The van der Waals surface area contributed by atoms with E-state index in [1.807, 2.05) is 24.0 Å². The lowest BCUT2D eigenvalue weighted by Gasteiger charge is -2.33. The number of likely N-dealkylation sites (tertiary alicyclic amines) is 1. The average molecular weight is 311 g/mol. The Morgan fingerprint density at radius 3 is 2.83 bits per heavy atom. The van der Waals surface area contributed by atoms with Crippen molar-refractivity contribution in [2.45, 2.75) is 26.3 Å². The molecule has 0 amide bonds. The summed E-state index contributed by atoms with van der Waals surface area (Å²) in [6.45, 7) is 5.30. The van der Waals surface area contributed by atoms with E-state index in [2.05, 4.69) is 51.5 Å². The fraction of sp³-hybridized carbons (Fsp3) is 0.444. The number of benzene rings is 1. The SMILES string of the molecule is CN=C(NCc1ccc(-n2cccn2)cc1)N1CCCC(C)C1. The van der Waals surface area contributed by atoms with E-state index in [1.54, 1.807) is 6.20 Å². The van der Waals surface area contributed by atoms with Gasteiger partial charge in [-0.25, -0.2) is 4.68 Å². The zero-order chi connectivity index (χ0) is 16.1. The summed E-state index contributed by atoms with van der Waals surface area (Å²) in [7, 11) is 1.86. The molecular formula is C18H25N5. The summed E-state index contributed by atoms with van der Waals surface area (Å²) < 4.78 is 1.87. The minimum Gasteiger partial charge on any atom is -0.352 e. The van der Waals surface area contributed by atoms with Gasteiger partial charge in [0.25, 0.3) is 0 Å². The van der Waals surface area contributed by atoms with Gasteiger partial charge in [-0.1, -0.05) is 19.1 Å². The third-order valence-corrected chi connectivity index (χ3v) is 4.32. The zero-order valence-corrected chi connectivity index (χ0v) is 13.9. The van der Waals surface area contributed by atoms with Crippen LogP contribution in [0.4, 0.5) is 0 Å². The van der Waals surface area contributed by atoms with E-state index in [9.17, 15) is 0 Å². The van der Waals surface area contributed by atoms with Gasteiger partial charge in [-0.05, 0) is 42.5 Å². The molecule has 1 aliphatic rings. The number of aromatic nitrogens is 2. The van der Waals surface area contributed by atoms with E-state index in [0.29, 0.717) is 0 Å². The van der Waals surface area contributed by atoms with Gasteiger partial charge in [-0.15, -0.1) is 0 Å². The van der Waals surface area contributed by atoms with E-state index >= 15 is 0 Å². The van der Waals surface area contributed by atoms with Crippen molar-refractivity contribution in [3.63, 3.8) is 0 Å². The van der Waals surface area contributed by atoms with Gasteiger partial charge in [0.15, 0.2) is 5.96 Å². The fourth-order valence-corrected chi connectivity index (χ4v) is 3.08. The largest absolute Gasteiger partial charge is 0.352 e. The Bertz CT molecular complexity index is 630. The third-order valence-electron chi connectivity index (χ3n) is 4.32. The maximum Gasteiger partial charge on any atom is 0.193 e. The summed E-state index contributed by atoms with van der Waals surface area (Å²) in [6.07, 6.45) is 6.31. The van der Waals surface area contributed by atoms with Crippen molar-refractivity contribution in [3.8, 4) is 5.69 Å². The zero-order valence-electron chi connectivity index (χ0n) is 13.9. The summed E-state index contributed by atoms with van der Waals surface area (Å²) in [5.74, 6) is 1.75. The quantitative estimate of drug-likeness (QED) is 0.700. The van der Waals surface area contributed by atoms with Crippen molar-refractivity contribution in [1.29, 1.82) is 0 Å². The first kappa shape index (κ1) is 15.6. The number of aliphatic imine (C=N–C) groups is 1. The molecule has 0 radical (unpaired) electrons. The van der Waals surface area contributed by atoms with Gasteiger partial charge in [0.2, 0.25) is 0 Å². The number of hydrogen-bond acceptors (Lipinski definition) is 2. The van der Waals surface area contributed by atoms with Gasteiger partial charge in [0, 0.05) is 39.1 Å². The molecule has 1 aliphatic heterocycles. The first-order valence-corrected chi connectivity index (χ1v) is 8.31. The Morgan fingerprint density at radius 2 is 2.17 bits per heavy atom. The van der Waals surface area contributed by atoms with Crippen molar-refractivity contribution in [3.05, 3.63) is 48.3 Å². The van der Waals surface area contributed by atoms with E-state index in [1.165, 1.54) is 18.4 Å². The maximum atomic E-state index is 4.44. The van der Waals surface area contributed by atoms with Gasteiger partial charge < -0.3 is 10.2 Å². The lowest BCUT2D eigenvalue weighted by molar-refractivity contribution is 0.266. The second kappa shape index (κ2) is 7.31. The van der Waals surface area contributed by atoms with Gasteiger partial charge >= 0.3 is 0 Å². The lowest BCUT2D eigenvalue weighted by Crippen LogP contribution is -2.45. The average Bonchev–Trinajstić information content (AvgIpc) is 3.11. The van der Waals surface area contributed by atoms with Crippen molar-refractivity contribution in [2.24, 2.45) is 10.9 Å². The van der Waals surface area contributed by atoms with Crippen LogP contribution in [0.15, 0.2) is 47.7 Å². The first-order valence-electron chi connectivity index (χ1n) is 8.31. The molecule has 5 heteroatoms. The van der Waals surface area contributed by atoms with Crippen molar-refractivity contribution >= 4 is 5.96 Å². The molecule has 1 fully saturated rings. The minimum absolute atomic E-state index is 0.746. The fourth-order valence-electron chi connectivity index (χ4n) is 3.08. The Morgan fingerprint density at radius 1 is 1.35 bits per heavy atom. The molecule has 1 N–H and O–H groups in total. The van der Waals surface area contributed by atoms with Crippen LogP contribution in [0.1, 0.15) is 25.3 Å². The molecule has 0 bridgehead atoms. The van der Waals surface area contributed by atoms with E-state index in [0.717, 1.165) is 37.2 Å². The Kier molecular flexibility index (Phi) is 4.95. The Hall–Kier alpha value is -2.30. The predicted molar refractivity (Wildman–Crippen MR) is 93.7 cm³/mol. The number of guanidine groups is 1. The topological polar surface area (TPSA) is 45.5 Å².